The zero-order valence-corrected chi connectivity index (χ0v) is 22.2. The van der Waals surface area contributed by atoms with Crippen LogP contribution in [0.15, 0.2) is 82.6 Å². The van der Waals surface area contributed by atoms with Crippen LogP contribution in [-0.2, 0) is 16.2 Å². The number of hydrogen-bond donors (Lipinski definition) is 1. The SMILES string of the molecule is O=C1[C@H]2[C@H](c3cc(Cl)ccc3OCc3ccc(Cl)cc3)c3sc(=O)[nH]c3S[C@H]2C(=O)N1c1ccccc1. The number of aromatic amines is 1. The third-order valence-corrected chi connectivity index (χ3v) is 9.34. The molecule has 6 rings (SSSR count). The van der Waals surface area contributed by atoms with E-state index < -0.39 is 17.1 Å². The molecule has 0 radical (unpaired) electrons. The Morgan fingerprint density at radius 1 is 0.892 bits per heavy atom. The van der Waals surface area contributed by atoms with Crippen molar-refractivity contribution in [1.29, 1.82) is 0 Å². The van der Waals surface area contributed by atoms with Gasteiger partial charge in [0.25, 0.3) is 0 Å². The Hall–Kier alpha value is -3.04. The van der Waals surface area contributed by atoms with Crippen molar-refractivity contribution in [1.82, 2.24) is 4.98 Å². The number of H-pyrrole nitrogens is 1. The predicted octanol–water partition coefficient (Wildman–Crippen LogP) is 6.12. The monoisotopic (exact) mass is 568 g/mol. The summed E-state index contributed by atoms with van der Waals surface area (Å²) in [6.45, 7) is 0.264. The summed E-state index contributed by atoms with van der Waals surface area (Å²) in [6.07, 6.45) is 0. The average molecular weight is 569 g/mol. The summed E-state index contributed by atoms with van der Waals surface area (Å²) in [4.78, 5) is 44.4. The van der Waals surface area contributed by atoms with Gasteiger partial charge in [-0.2, -0.15) is 0 Å². The zero-order chi connectivity index (χ0) is 25.7. The van der Waals surface area contributed by atoms with E-state index in [0.29, 0.717) is 36.9 Å². The Kier molecular flexibility index (Phi) is 6.36. The second-order valence-corrected chi connectivity index (χ2v) is 11.7. The number of thioether (sulfide) groups is 1. The molecule has 1 aromatic heterocycles. The number of aromatic nitrogens is 1. The molecule has 6 nitrogen and oxygen atoms in total. The number of carbonyl (C=O) groups is 2. The number of thiazole rings is 1. The van der Waals surface area contributed by atoms with Gasteiger partial charge >= 0.3 is 4.87 Å². The first-order valence-electron chi connectivity index (χ1n) is 11.4. The molecule has 4 aromatic rings. The molecule has 2 aliphatic rings. The standard InChI is InChI=1S/C27H18Cl2N2O4S2/c28-15-8-6-14(7-9-15)13-35-19-11-10-16(29)12-18(19)20-21-23(36-24-22(20)37-27(34)30-24)26(33)31(25(21)32)17-4-2-1-3-5-17/h1-12,20-21,23H,13H2,(H,30,34)/t20-,21-,23+/m0/s1. The fraction of sp³-hybridized carbons (Fsp3) is 0.148. The number of hydrogen-bond acceptors (Lipinski definition) is 6. The quantitative estimate of drug-likeness (QED) is 0.293. The van der Waals surface area contributed by atoms with E-state index in [-0.39, 0.29) is 23.3 Å². The number of nitrogens with one attached hydrogen (secondary N) is 1. The zero-order valence-electron chi connectivity index (χ0n) is 19.0. The normalized spacial score (nSPS) is 20.6. The molecule has 3 heterocycles. The lowest BCUT2D eigenvalue weighted by atomic mass is 9.82. The maximum absolute atomic E-state index is 13.9. The maximum Gasteiger partial charge on any atom is 0.305 e. The van der Waals surface area contributed by atoms with Crippen molar-refractivity contribution in [2.75, 3.05) is 4.90 Å². The number of nitrogens with zero attached hydrogens (tertiary/aromatic N) is 1. The summed E-state index contributed by atoms with van der Waals surface area (Å²) in [7, 11) is 0. The van der Waals surface area contributed by atoms with Crippen LogP contribution in [0.2, 0.25) is 10.0 Å². The van der Waals surface area contributed by atoms with Crippen LogP contribution in [0.5, 0.6) is 5.75 Å². The van der Waals surface area contributed by atoms with Crippen LogP contribution in [-0.4, -0.2) is 22.0 Å². The molecule has 37 heavy (non-hydrogen) atoms. The van der Waals surface area contributed by atoms with Gasteiger partial charge in [-0.15, -0.1) is 0 Å². The first kappa shape index (κ1) is 24.3. The molecule has 0 bridgehead atoms. The molecule has 186 valence electrons. The van der Waals surface area contributed by atoms with Crippen molar-refractivity contribution in [3.8, 4) is 5.75 Å². The molecule has 0 saturated carbocycles. The molecule has 1 saturated heterocycles. The van der Waals surface area contributed by atoms with Gasteiger partial charge in [0.1, 0.15) is 17.6 Å². The second-order valence-electron chi connectivity index (χ2n) is 8.69. The Labute approximate surface area is 230 Å². The van der Waals surface area contributed by atoms with E-state index in [1.807, 2.05) is 18.2 Å². The summed E-state index contributed by atoms with van der Waals surface area (Å²) in [6, 6.07) is 21.4. The van der Waals surface area contributed by atoms with Crippen LogP contribution < -0.4 is 14.5 Å². The average Bonchev–Trinajstić information content (AvgIpc) is 3.39. The summed E-state index contributed by atoms with van der Waals surface area (Å²) >= 11 is 14.7. The number of amides is 2. The molecule has 1 fully saturated rings. The Bertz CT molecular complexity index is 1570. The van der Waals surface area contributed by atoms with Crippen molar-refractivity contribution in [3.05, 3.63) is 109 Å². The Morgan fingerprint density at radius 2 is 1.62 bits per heavy atom. The van der Waals surface area contributed by atoms with Crippen molar-refractivity contribution >= 4 is 63.8 Å². The van der Waals surface area contributed by atoms with Gasteiger partial charge in [0.2, 0.25) is 11.8 Å². The van der Waals surface area contributed by atoms with E-state index in [1.165, 1.54) is 16.7 Å². The number of carbonyl (C=O) groups excluding carboxylic acids is 2. The van der Waals surface area contributed by atoms with Gasteiger partial charge in [-0.25, -0.2) is 4.90 Å². The molecule has 0 spiro atoms. The van der Waals surface area contributed by atoms with Gasteiger partial charge in [0, 0.05) is 26.4 Å². The van der Waals surface area contributed by atoms with Gasteiger partial charge in [0.05, 0.1) is 16.6 Å². The van der Waals surface area contributed by atoms with Crippen LogP contribution >= 0.6 is 46.3 Å². The number of fused-ring (bicyclic) bond motifs is 2. The molecule has 3 atom stereocenters. The van der Waals surface area contributed by atoms with Gasteiger partial charge in [-0.05, 0) is 48.0 Å². The molecule has 2 amide bonds. The van der Waals surface area contributed by atoms with Crippen LogP contribution in [0.1, 0.15) is 21.9 Å². The lowest BCUT2D eigenvalue weighted by Gasteiger charge is -2.31. The van der Waals surface area contributed by atoms with E-state index in [9.17, 15) is 14.4 Å². The number of rotatable bonds is 5. The number of halogens is 2. The van der Waals surface area contributed by atoms with Gasteiger partial charge < -0.3 is 9.72 Å². The highest BCUT2D eigenvalue weighted by atomic mass is 35.5. The predicted molar refractivity (Wildman–Crippen MR) is 146 cm³/mol. The van der Waals surface area contributed by atoms with Gasteiger partial charge in [0.15, 0.2) is 0 Å². The third kappa shape index (κ3) is 4.38. The minimum Gasteiger partial charge on any atom is -0.489 e. The van der Waals surface area contributed by atoms with Crippen LogP contribution in [0.3, 0.4) is 0 Å². The Balaban J connectivity index is 1.44. The van der Waals surface area contributed by atoms with E-state index in [1.54, 1.807) is 54.6 Å². The van der Waals surface area contributed by atoms with Crippen molar-refractivity contribution in [3.63, 3.8) is 0 Å². The van der Waals surface area contributed by atoms with Gasteiger partial charge in [-0.3, -0.25) is 14.4 Å². The van der Waals surface area contributed by atoms with Crippen LogP contribution in [0.25, 0.3) is 0 Å². The van der Waals surface area contributed by atoms with Crippen molar-refractivity contribution in [2.24, 2.45) is 5.92 Å². The molecule has 0 unspecified atom stereocenters. The van der Waals surface area contributed by atoms with Gasteiger partial charge in [-0.1, -0.05) is 76.6 Å². The number of anilines is 1. The van der Waals surface area contributed by atoms with E-state index in [0.717, 1.165) is 16.9 Å². The molecule has 10 heteroatoms. The smallest absolute Gasteiger partial charge is 0.305 e. The second kappa shape index (κ2) is 9.68. The molecule has 3 aromatic carbocycles. The number of para-hydroxylation sites is 1. The van der Waals surface area contributed by atoms with Crippen LogP contribution in [0, 0.1) is 5.92 Å². The van der Waals surface area contributed by atoms with Crippen molar-refractivity contribution in [2.45, 2.75) is 22.8 Å². The summed E-state index contributed by atoms with van der Waals surface area (Å²) in [5, 5.41) is 0.994. The highest BCUT2D eigenvalue weighted by Crippen LogP contribution is 2.54. The van der Waals surface area contributed by atoms with Crippen LogP contribution in [0.4, 0.5) is 5.69 Å². The fourth-order valence-corrected chi connectivity index (χ4v) is 7.63. The fourth-order valence-electron chi connectivity index (χ4n) is 4.82. The number of imide groups is 1. The molecular formula is C27H18Cl2N2O4S2. The first-order chi connectivity index (χ1) is 17.9. The highest BCUT2D eigenvalue weighted by molar-refractivity contribution is 8.00. The van der Waals surface area contributed by atoms with E-state index >= 15 is 0 Å². The maximum atomic E-state index is 13.9. The van der Waals surface area contributed by atoms with E-state index in [4.69, 9.17) is 27.9 Å². The summed E-state index contributed by atoms with van der Waals surface area (Å²) < 4.78 is 6.21. The lowest BCUT2D eigenvalue weighted by Crippen LogP contribution is -2.32. The number of benzene rings is 3. The molecular weight excluding hydrogens is 551 g/mol. The Morgan fingerprint density at radius 3 is 2.38 bits per heavy atom. The minimum atomic E-state index is -0.729. The van der Waals surface area contributed by atoms with E-state index in [2.05, 4.69) is 4.98 Å². The topological polar surface area (TPSA) is 79.5 Å². The summed E-state index contributed by atoms with van der Waals surface area (Å²) in [5.41, 5.74) is 2.09. The number of ether oxygens (including phenoxy) is 1. The molecule has 2 aliphatic heterocycles. The largest absolute Gasteiger partial charge is 0.489 e. The molecule has 1 N–H and O–H groups in total. The highest BCUT2D eigenvalue weighted by Gasteiger charge is 2.56. The summed E-state index contributed by atoms with van der Waals surface area (Å²) in [5.74, 6) is -1.41. The minimum absolute atomic E-state index is 0.243. The lowest BCUT2D eigenvalue weighted by molar-refractivity contribution is -0.122. The third-order valence-electron chi connectivity index (χ3n) is 6.45. The van der Waals surface area contributed by atoms with Crippen molar-refractivity contribution < 1.29 is 14.3 Å². The first-order valence-corrected chi connectivity index (χ1v) is 13.8. The molecule has 0 aliphatic carbocycles.